The fourth-order valence-corrected chi connectivity index (χ4v) is 3.42. The number of sulfone groups is 1. The predicted octanol–water partition coefficient (Wildman–Crippen LogP) is 0.304. The summed E-state index contributed by atoms with van der Waals surface area (Å²) in [6.07, 6.45) is 0.776. The number of hydrogen-bond acceptors (Lipinski definition) is 4. The molecule has 17 heavy (non-hydrogen) atoms. The summed E-state index contributed by atoms with van der Waals surface area (Å²) >= 11 is 0. The number of amides is 1. The lowest BCUT2D eigenvalue weighted by atomic mass is 10.1. The summed E-state index contributed by atoms with van der Waals surface area (Å²) in [5.41, 5.74) is 6.59. The summed E-state index contributed by atoms with van der Waals surface area (Å²) in [4.78, 5) is 11.7. The SMILES string of the molecule is NCCC(=O)Nc1ccc2c(c1)S(=O)(=O)CC2. The van der Waals surface area contributed by atoms with Crippen molar-refractivity contribution in [2.45, 2.75) is 17.7 Å². The van der Waals surface area contributed by atoms with Crippen LogP contribution in [0, 0.1) is 0 Å². The number of nitrogens with one attached hydrogen (secondary N) is 1. The molecule has 0 spiro atoms. The highest BCUT2D eigenvalue weighted by atomic mass is 32.2. The van der Waals surface area contributed by atoms with Crippen molar-refractivity contribution >= 4 is 21.4 Å². The quantitative estimate of drug-likeness (QED) is 0.812. The molecule has 1 aromatic carbocycles. The maximum atomic E-state index is 11.7. The second-order valence-electron chi connectivity index (χ2n) is 3.98. The van der Waals surface area contributed by atoms with E-state index in [1.54, 1.807) is 12.1 Å². The van der Waals surface area contributed by atoms with Gasteiger partial charge in [-0.15, -0.1) is 0 Å². The molecule has 0 aromatic heterocycles. The van der Waals surface area contributed by atoms with E-state index in [2.05, 4.69) is 5.32 Å². The van der Waals surface area contributed by atoms with E-state index in [9.17, 15) is 13.2 Å². The Kier molecular flexibility index (Phi) is 3.17. The number of anilines is 1. The van der Waals surface area contributed by atoms with Crippen molar-refractivity contribution in [3.63, 3.8) is 0 Å². The van der Waals surface area contributed by atoms with Crippen molar-refractivity contribution in [2.24, 2.45) is 5.73 Å². The van der Waals surface area contributed by atoms with Gasteiger partial charge in [-0.2, -0.15) is 0 Å². The summed E-state index contributed by atoms with van der Waals surface area (Å²) in [6, 6.07) is 4.98. The van der Waals surface area contributed by atoms with Crippen molar-refractivity contribution < 1.29 is 13.2 Å². The van der Waals surface area contributed by atoms with Gasteiger partial charge in [0, 0.05) is 18.7 Å². The summed E-state index contributed by atoms with van der Waals surface area (Å²) in [6.45, 7) is 0.273. The Morgan fingerprint density at radius 1 is 1.41 bits per heavy atom. The normalized spacial score (nSPS) is 16.5. The molecule has 5 nitrogen and oxygen atoms in total. The van der Waals surface area contributed by atoms with Gasteiger partial charge >= 0.3 is 0 Å². The summed E-state index contributed by atoms with van der Waals surface area (Å²) < 4.78 is 23.4. The first-order chi connectivity index (χ1) is 8.03. The Morgan fingerprint density at radius 2 is 2.18 bits per heavy atom. The minimum atomic E-state index is -3.15. The number of rotatable bonds is 3. The van der Waals surface area contributed by atoms with Crippen LogP contribution < -0.4 is 11.1 Å². The molecule has 92 valence electrons. The maximum absolute atomic E-state index is 11.7. The summed E-state index contributed by atoms with van der Waals surface area (Å²) in [5.74, 6) is -0.0504. The Hall–Kier alpha value is -1.40. The van der Waals surface area contributed by atoms with Crippen LogP contribution in [0.15, 0.2) is 23.1 Å². The number of carbonyl (C=O) groups excluding carboxylic acids is 1. The molecule has 1 heterocycles. The number of aryl methyl sites for hydroxylation is 1. The molecule has 1 aliphatic heterocycles. The Morgan fingerprint density at radius 3 is 2.88 bits per heavy atom. The van der Waals surface area contributed by atoms with E-state index in [0.717, 1.165) is 5.56 Å². The maximum Gasteiger partial charge on any atom is 0.225 e. The molecule has 0 radical (unpaired) electrons. The van der Waals surface area contributed by atoms with Crippen molar-refractivity contribution in [3.8, 4) is 0 Å². The van der Waals surface area contributed by atoms with Crippen LogP contribution >= 0.6 is 0 Å². The lowest BCUT2D eigenvalue weighted by molar-refractivity contribution is -0.116. The van der Waals surface area contributed by atoms with E-state index < -0.39 is 9.84 Å². The highest BCUT2D eigenvalue weighted by Gasteiger charge is 2.26. The van der Waals surface area contributed by atoms with Gasteiger partial charge in [-0.25, -0.2) is 8.42 Å². The van der Waals surface area contributed by atoms with Crippen LogP contribution in [0.4, 0.5) is 5.69 Å². The topological polar surface area (TPSA) is 89.3 Å². The van der Waals surface area contributed by atoms with Gasteiger partial charge in [0.25, 0.3) is 0 Å². The molecule has 1 aromatic rings. The molecule has 0 bridgehead atoms. The largest absolute Gasteiger partial charge is 0.330 e. The van der Waals surface area contributed by atoms with E-state index in [1.165, 1.54) is 6.07 Å². The molecule has 3 N–H and O–H groups in total. The third-order valence-corrected chi connectivity index (χ3v) is 4.49. The molecular formula is C11H14N2O3S. The fourth-order valence-electron chi connectivity index (χ4n) is 1.84. The molecular weight excluding hydrogens is 240 g/mol. The first-order valence-electron chi connectivity index (χ1n) is 5.38. The first kappa shape index (κ1) is 12.1. The van der Waals surface area contributed by atoms with Crippen LogP contribution in [0.1, 0.15) is 12.0 Å². The van der Waals surface area contributed by atoms with Crippen molar-refractivity contribution in [1.29, 1.82) is 0 Å². The molecule has 1 aliphatic rings. The van der Waals surface area contributed by atoms with Gasteiger partial charge in [-0.3, -0.25) is 4.79 Å². The van der Waals surface area contributed by atoms with Gasteiger partial charge in [-0.05, 0) is 24.1 Å². The lowest BCUT2D eigenvalue weighted by Gasteiger charge is -2.06. The second kappa shape index (κ2) is 4.46. The summed E-state index contributed by atoms with van der Waals surface area (Å²) in [5, 5.41) is 2.63. The number of benzene rings is 1. The summed E-state index contributed by atoms with van der Waals surface area (Å²) in [7, 11) is -3.15. The fraction of sp³-hybridized carbons (Fsp3) is 0.364. The number of carbonyl (C=O) groups is 1. The van der Waals surface area contributed by atoms with E-state index in [1.807, 2.05) is 0 Å². The second-order valence-corrected chi connectivity index (χ2v) is 6.06. The molecule has 0 atom stereocenters. The van der Waals surface area contributed by atoms with Gasteiger partial charge in [-0.1, -0.05) is 6.07 Å². The zero-order valence-electron chi connectivity index (χ0n) is 9.27. The minimum Gasteiger partial charge on any atom is -0.330 e. The number of nitrogens with two attached hydrogens (primary N) is 1. The van der Waals surface area contributed by atoms with Crippen LogP contribution in [-0.4, -0.2) is 26.6 Å². The van der Waals surface area contributed by atoms with E-state index >= 15 is 0 Å². The Balaban J connectivity index is 2.26. The van der Waals surface area contributed by atoms with Gasteiger partial charge in [0.05, 0.1) is 10.6 Å². The van der Waals surface area contributed by atoms with Crippen LogP contribution in [0.25, 0.3) is 0 Å². The molecule has 2 rings (SSSR count). The molecule has 1 amide bonds. The third-order valence-electron chi connectivity index (χ3n) is 2.70. The molecule has 0 saturated heterocycles. The average molecular weight is 254 g/mol. The zero-order valence-corrected chi connectivity index (χ0v) is 10.1. The highest BCUT2D eigenvalue weighted by Crippen LogP contribution is 2.28. The van der Waals surface area contributed by atoms with Gasteiger partial charge < -0.3 is 11.1 Å². The van der Waals surface area contributed by atoms with Gasteiger partial charge in [0.1, 0.15) is 0 Å². The number of fused-ring (bicyclic) bond motifs is 1. The van der Waals surface area contributed by atoms with Crippen LogP contribution in [0.5, 0.6) is 0 Å². The standard InChI is InChI=1S/C11H14N2O3S/c12-5-3-11(14)13-9-2-1-8-4-6-17(15,16)10(8)7-9/h1-2,7H,3-6,12H2,(H,13,14). The van der Waals surface area contributed by atoms with Crippen molar-refractivity contribution in [1.82, 2.24) is 0 Å². The molecule has 0 unspecified atom stereocenters. The Bertz CT molecular complexity index is 552. The minimum absolute atomic E-state index is 0.155. The lowest BCUT2D eigenvalue weighted by Crippen LogP contribution is -2.16. The Labute approximate surface area is 99.9 Å². The average Bonchev–Trinajstić information content (AvgIpc) is 2.55. The van der Waals surface area contributed by atoms with E-state index in [-0.39, 0.29) is 24.6 Å². The smallest absolute Gasteiger partial charge is 0.225 e. The van der Waals surface area contributed by atoms with Crippen molar-refractivity contribution in [3.05, 3.63) is 23.8 Å². The highest BCUT2D eigenvalue weighted by molar-refractivity contribution is 7.91. The van der Waals surface area contributed by atoms with Crippen molar-refractivity contribution in [2.75, 3.05) is 17.6 Å². The van der Waals surface area contributed by atoms with Gasteiger partial charge in [0.2, 0.25) is 5.91 Å². The van der Waals surface area contributed by atoms with Crippen LogP contribution in [0.2, 0.25) is 0 Å². The van der Waals surface area contributed by atoms with Gasteiger partial charge in [0.15, 0.2) is 9.84 Å². The molecule has 6 heteroatoms. The van der Waals surface area contributed by atoms with Crippen LogP contribution in [-0.2, 0) is 21.1 Å². The van der Waals surface area contributed by atoms with Crippen LogP contribution in [0.3, 0.4) is 0 Å². The molecule has 0 aliphatic carbocycles. The third kappa shape index (κ3) is 2.48. The molecule has 0 saturated carbocycles. The molecule has 0 fully saturated rings. The van der Waals surface area contributed by atoms with E-state index in [4.69, 9.17) is 5.73 Å². The monoisotopic (exact) mass is 254 g/mol. The predicted molar refractivity (Wildman–Crippen MR) is 64.5 cm³/mol. The van der Waals surface area contributed by atoms with E-state index in [0.29, 0.717) is 17.0 Å². The zero-order chi connectivity index (χ0) is 12.5. The first-order valence-corrected chi connectivity index (χ1v) is 7.04. The number of hydrogen-bond donors (Lipinski definition) is 2.